The molecule has 2 unspecified atom stereocenters. The average Bonchev–Trinajstić information content (AvgIpc) is 2.47. The van der Waals surface area contributed by atoms with E-state index in [4.69, 9.17) is 4.74 Å². The first-order valence-electron chi connectivity index (χ1n) is 7.74. The van der Waals surface area contributed by atoms with Gasteiger partial charge in [0.15, 0.2) is 0 Å². The predicted molar refractivity (Wildman–Crippen MR) is 84.4 cm³/mol. The van der Waals surface area contributed by atoms with Crippen molar-refractivity contribution in [2.24, 2.45) is 5.92 Å². The van der Waals surface area contributed by atoms with E-state index in [0.717, 1.165) is 18.8 Å². The first-order chi connectivity index (χ1) is 9.71. The molecule has 2 rings (SSSR count). The van der Waals surface area contributed by atoms with Crippen LogP contribution in [-0.4, -0.2) is 38.7 Å². The molecule has 0 radical (unpaired) electrons. The Bertz CT molecular complexity index is 431. The molecule has 20 heavy (non-hydrogen) atoms. The smallest absolute Gasteiger partial charge is 0.121 e. The van der Waals surface area contributed by atoms with Crippen molar-refractivity contribution >= 4 is 0 Å². The summed E-state index contributed by atoms with van der Waals surface area (Å²) in [5.74, 6) is 1.68. The molecular formula is C17H28N2O. The highest BCUT2D eigenvalue weighted by molar-refractivity contribution is 5.37. The second-order valence-electron chi connectivity index (χ2n) is 5.76. The third kappa shape index (κ3) is 3.15. The lowest BCUT2D eigenvalue weighted by atomic mass is 9.84. The van der Waals surface area contributed by atoms with Gasteiger partial charge in [-0.2, -0.15) is 0 Å². The van der Waals surface area contributed by atoms with E-state index in [0.29, 0.717) is 12.0 Å². The fraction of sp³-hybridized carbons (Fsp3) is 0.647. The summed E-state index contributed by atoms with van der Waals surface area (Å²) in [5.41, 5.74) is 2.67. The molecule has 3 heteroatoms. The highest BCUT2D eigenvalue weighted by Gasteiger charge is 2.31. The molecule has 1 aromatic carbocycles. The quantitative estimate of drug-likeness (QED) is 0.895. The minimum Gasteiger partial charge on any atom is -0.496 e. The second kappa shape index (κ2) is 7.09. The van der Waals surface area contributed by atoms with Crippen LogP contribution in [0, 0.1) is 12.8 Å². The minimum absolute atomic E-state index is 0.533. The molecule has 112 valence electrons. The van der Waals surface area contributed by atoms with Crippen molar-refractivity contribution in [3.8, 4) is 5.75 Å². The number of nitrogens with one attached hydrogen (secondary N) is 1. The summed E-state index contributed by atoms with van der Waals surface area (Å²) in [6, 6.07) is 7.20. The van der Waals surface area contributed by atoms with Gasteiger partial charge < -0.3 is 10.1 Å². The fourth-order valence-electron chi connectivity index (χ4n) is 3.55. The van der Waals surface area contributed by atoms with Crippen LogP contribution in [-0.2, 0) is 0 Å². The van der Waals surface area contributed by atoms with E-state index in [9.17, 15) is 0 Å². The molecule has 1 fully saturated rings. The van der Waals surface area contributed by atoms with E-state index in [1.54, 1.807) is 7.11 Å². The highest BCUT2D eigenvalue weighted by Crippen LogP contribution is 2.37. The van der Waals surface area contributed by atoms with E-state index in [1.807, 2.05) is 0 Å². The Morgan fingerprint density at radius 3 is 2.80 bits per heavy atom. The lowest BCUT2D eigenvalue weighted by Gasteiger charge is -2.41. The Morgan fingerprint density at radius 2 is 2.20 bits per heavy atom. The number of nitrogens with zero attached hydrogens (tertiary/aromatic N) is 1. The maximum Gasteiger partial charge on any atom is 0.121 e. The number of methoxy groups -OCH3 is 1. The Labute approximate surface area is 123 Å². The summed E-state index contributed by atoms with van der Waals surface area (Å²) in [6.45, 7) is 7.83. The third-order valence-corrected chi connectivity index (χ3v) is 4.49. The zero-order chi connectivity index (χ0) is 14.5. The Morgan fingerprint density at radius 1 is 1.40 bits per heavy atom. The number of ether oxygens (including phenoxy) is 1. The van der Waals surface area contributed by atoms with Crippen LogP contribution < -0.4 is 10.1 Å². The molecule has 0 saturated carbocycles. The minimum atomic E-state index is 0.533. The van der Waals surface area contributed by atoms with Gasteiger partial charge in [-0.1, -0.05) is 19.1 Å². The largest absolute Gasteiger partial charge is 0.496 e. The summed E-state index contributed by atoms with van der Waals surface area (Å²) in [5, 5.41) is 3.37. The fourth-order valence-corrected chi connectivity index (χ4v) is 3.55. The normalized spacial score (nSPS) is 23.8. The van der Waals surface area contributed by atoms with Crippen molar-refractivity contribution in [3.05, 3.63) is 29.3 Å². The number of aryl methyl sites for hydroxylation is 1. The zero-order valence-electron chi connectivity index (χ0n) is 13.3. The monoisotopic (exact) mass is 276 g/mol. The third-order valence-electron chi connectivity index (χ3n) is 4.49. The predicted octanol–water partition coefficient (Wildman–Crippen LogP) is 3.00. The van der Waals surface area contributed by atoms with Gasteiger partial charge in [0, 0.05) is 6.04 Å². The summed E-state index contributed by atoms with van der Waals surface area (Å²) in [6.07, 6.45) is 2.62. The molecular weight excluding hydrogens is 248 g/mol. The SMILES string of the molecule is CCN1CCCC(CNC)C1c1ccc(OC)c(C)c1. The molecule has 1 aromatic rings. The van der Waals surface area contributed by atoms with E-state index in [1.165, 1.54) is 30.5 Å². The van der Waals surface area contributed by atoms with Crippen LogP contribution in [0.15, 0.2) is 18.2 Å². The summed E-state index contributed by atoms with van der Waals surface area (Å²) in [7, 11) is 3.80. The van der Waals surface area contributed by atoms with Crippen LogP contribution in [0.4, 0.5) is 0 Å². The zero-order valence-corrected chi connectivity index (χ0v) is 13.3. The van der Waals surface area contributed by atoms with E-state index in [2.05, 4.69) is 49.3 Å². The van der Waals surface area contributed by atoms with Gasteiger partial charge in [0.2, 0.25) is 0 Å². The molecule has 0 aromatic heterocycles. The highest BCUT2D eigenvalue weighted by atomic mass is 16.5. The van der Waals surface area contributed by atoms with Crippen molar-refractivity contribution in [2.45, 2.75) is 32.7 Å². The maximum absolute atomic E-state index is 5.39. The molecule has 1 aliphatic heterocycles. The van der Waals surface area contributed by atoms with Crippen molar-refractivity contribution in [1.29, 1.82) is 0 Å². The van der Waals surface area contributed by atoms with Gasteiger partial charge in [0.05, 0.1) is 7.11 Å². The van der Waals surface area contributed by atoms with Crippen LogP contribution in [0.25, 0.3) is 0 Å². The molecule has 2 atom stereocenters. The molecule has 0 bridgehead atoms. The topological polar surface area (TPSA) is 24.5 Å². The van der Waals surface area contributed by atoms with E-state index in [-0.39, 0.29) is 0 Å². The van der Waals surface area contributed by atoms with E-state index < -0.39 is 0 Å². The lowest BCUT2D eigenvalue weighted by molar-refractivity contribution is 0.0981. The molecule has 1 saturated heterocycles. The van der Waals surface area contributed by atoms with E-state index >= 15 is 0 Å². The van der Waals surface area contributed by atoms with Gasteiger partial charge in [0.25, 0.3) is 0 Å². The van der Waals surface area contributed by atoms with Gasteiger partial charge in [0.1, 0.15) is 5.75 Å². The standard InChI is InChI=1S/C17H28N2O/c1-5-19-10-6-7-15(12-18-3)17(19)14-8-9-16(20-4)13(2)11-14/h8-9,11,15,17-18H,5-7,10,12H2,1-4H3. The molecule has 1 N–H and O–H groups in total. The molecule has 0 aliphatic carbocycles. The average molecular weight is 276 g/mol. The first-order valence-corrected chi connectivity index (χ1v) is 7.74. The lowest BCUT2D eigenvalue weighted by Crippen LogP contribution is -2.42. The maximum atomic E-state index is 5.39. The molecule has 0 amide bonds. The van der Waals surface area contributed by atoms with Crippen molar-refractivity contribution in [3.63, 3.8) is 0 Å². The van der Waals surface area contributed by atoms with Gasteiger partial charge in [-0.05, 0) is 69.6 Å². The van der Waals surface area contributed by atoms with Gasteiger partial charge in [-0.3, -0.25) is 4.90 Å². The Balaban J connectivity index is 2.30. The number of hydrogen-bond donors (Lipinski definition) is 1. The van der Waals surface area contributed by atoms with Crippen LogP contribution in [0.2, 0.25) is 0 Å². The molecule has 1 heterocycles. The van der Waals surface area contributed by atoms with Crippen LogP contribution >= 0.6 is 0 Å². The molecule has 3 nitrogen and oxygen atoms in total. The first kappa shape index (κ1) is 15.3. The second-order valence-corrected chi connectivity index (χ2v) is 5.76. The summed E-state index contributed by atoms with van der Waals surface area (Å²) >= 11 is 0. The number of hydrogen-bond acceptors (Lipinski definition) is 3. The number of piperidine rings is 1. The Hall–Kier alpha value is -1.06. The number of benzene rings is 1. The van der Waals surface area contributed by atoms with Gasteiger partial charge >= 0.3 is 0 Å². The summed E-state index contributed by atoms with van der Waals surface area (Å²) < 4.78 is 5.39. The van der Waals surface area contributed by atoms with Gasteiger partial charge in [-0.25, -0.2) is 0 Å². The number of rotatable bonds is 5. The Kier molecular flexibility index (Phi) is 5.44. The number of likely N-dealkylation sites (tertiary alicyclic amines) is 1. The van der Waals surface area contributed by atoms with Crippen LogP contribution in [0.3, 0.4) is 0 Å². The van der Waals surface area contributed by atoms with Crippen molar-refractivity contribution in [1.82, 2.24) is 10.2 Å². The van der Waals surface area contributed by atoms with Crippen LogP contribution in [0.5, 0.6) is 5.75 Å². The molecule has 1 aliphatic rings. The van der Waals surface area contributed by atoms with Crippen molar-refractivity contribution < 1.29 is 4.74 Å². The summed E-state index contributed by atoms with van der Waals surface area (Å²) in [4.78, 5) is 2.62. The van der Waals surface area contributed by atoms with Gasteiger partial charge in [-0.15, -0.1) is 0 Å². The van der Waals surface area contributed by atoms with Crippen LogP contribution in [0.1, 0.15) is 36.9 Å². The molecule has 0 spiro atoms. The van der Waals surface area contributed by atoms with Crippen molar-refractivity contribution in [2.75, 3.05) is 33.8 Å².